The number of pyridine rings is 1. The summed E-state index contributed by atoms with van der Waals surface area (Å²) in [5, 5.41) is 0. The lowest BCUT2D eigenvalue weighted by molar-refractivity contribution is 0.0674. The van der Waals surface area contributed by atoms with Gasteiger partial charge in [-0.2, -0.15) is 0 Å². The lowest BCUT2D eigenvalue weighted by Gasteiger charge is -2.27. The molecule has 0 bridgehead atoms. The second-order valence-corrected chi connectivity index (χ2v) is 4.98. The van der Waals surface area contributed by atoms with Crippen LogP contribution in [0, 0.1) is 6.92 Å². The Morgan fingerprint density at radius 2 is 2.19 bits per heavy atom. The maximum Gasteiger partial charge on any atom is 0.191 e. The van der Waals surface area contributed by atoms with Crippen LogP contribution >= 0.6 is 24.0 Å². The molecule has 3 rings (SSSR count). The standard InChI is InChI=1S/C14H19N5O.HI/c1-11-2-3-19-10-12(17-13(19)8-11)9-16-14(15)18-4-6-20-7-5-18;/h2-3,8,10H,4-7,9H2,1H3,(H2,15,16);1H. The minimum Gasteiger partial charge on any atom is -0.378 e. The lowest BCUT2D eigenvalue weighted by Crippen LogP contribution is -2.44. The number of morpholine rings is 1. The fourth-order valence-electron chi connectivity index (χ4n) is 2.27. The minimum absolute atomic E-state index is 0. The Morgan fingerprint density at radius 3 is 2.95 bits per heavy atom. The van der Waals surface area contributed by atoms with Gasteiger partial charge in [-0.15, -0.1) is 24.0 Å². The number of hydrogen-bond donors (Lipinski definition) is 1. The number of hydrogen-bond acceptors (Lipinski definition) is 3. The predicted molar refractivity (Wildman–Crippen MR) is 93.1 cm³/mol. The SMILES string of the molecule is Cc1ccn2cc(CN=C(N)N3CCOCC3)nc2c1.I. The molecule has 1 aliphatic heterocycles. The summed E-state index contributed by atoms with van der Waals surface area (Å²) < 4.78 is 7.30. The molecule has 1 aliphatic rings. The molecule has 0 saturated carbocycles. The Morgan fingerprint density at radius 1 is 1.43 bits per heavy atom. The average Bonchev–Trinajstić information content (AvgIpc) is 2.87. The predicted octanol–water partition coefficient (Wildman–Crippen LogP) is 1.41. The summed E-state index contributed by atoms with van der Waals surface area (Å²) in [5.74, 6) is 0.571. The molecule has 6 nitrogen and oxygen atoms in total. The Bertz CT molecular complexity index is 633. The number of imidazole rings is 1. The molecule has 0 radical (unpaired) electrons. The fraction of sp³-hybridized carbons (Fsp3) is 0.429. The quantitative estimate of drug-likeness (QED) is 0.470. The topological polar surface area (TPSA) is 68.2 Å². The van der Waals surface area contributed by atoms with Gasteiger partial charge in [0.05, 0.1) is 25.5 Å². The first-order valence-corrected chi connectivity index (χ1v) is 6.79. The summed E-state index contributed by atoms with van der Waals surface area (Å²) in [6, 6.07) is 4.11. The second kappa shape index (κ2) is 7.08. The molecule has 2 aromatic rings. The molecule has 114 valence electrons. The molecule has 7 heteroatoms. The molecule has 2 aromatic heterocycles. The summed E-state index contributed by atoms with van der Waals surface area (Å²) >= 11 is 0. The molecule has 21 heavy (non-hydrogen) atoms. The Hall–Kier alpha value is -1.35. The van der Waals surface area contributed by atoms with E-state index in [-0.39, 0.29) is 24.0 Å². The minimum atomic E-state index is 0. The number of aromatic nitrogens is 2. The van der Waals surface area contributed by atoms with Gasteiger partial charge in [0.1, 0.15) is 5.65 Å². The van der Waals surface area contributed by atoms with Gasteiger partial charge in [-0.3, -0.25) is 0 Å². The van der Waals surface area contributed by atoms with E-state index in [4.69, 9.17) is 10.5 Å². The van der Waals surface area contributed by atoms with Crippen molar-refractivity contribution in [2.24, 2.45) is 10.7 Å². The first-order valence-electron chi connectivity index (χ1n) is 6.79. The van der Waals surface area contributed by atoms with Gasteiger partial charge >= 0.3 is 0 Å². The van der Waals surface area contributed by atoms with Crippen LogP contribution in [0.15, 0.2) is 29.5 Å². The normalized spacial score (nSPS) is 16.0. The van der Waals surface area contributed by atoms with E-state index in [9.17, 15) is 0 Å². The van der Waals surface area contributed by atoms with Crippen molar-refractivity contribution in [3.8, 4) is 0 Å². The fourth-order valence-corrected chi connectivity index (χ4v) is 2.27. The number of halogens is 1. The summed E-state index contributed by atoms with van der Waals surface area (Å²) in [5.41, 5.74) is 9.07. The van der Waals surface area contributed by atoms with Crippen LogP contribution in [0.5, 0.6) is 0 Å². The smallest absolute Gasteiger partial charge is 0.191 e. The third-order valence-corrected chi connectivity index (χ3v) is 3.40. The van der Waals surface area contributed by atoms with E-state index in [0.717, 1.165) is 24.4 Å². The van der Waals surface area contributed by atoms with E-state index >= 15 is 0 Å². The van der Waals surface area contributed by atoms with Crippen molar-refractivity contribution in [2.75, 3.05) is 26.3 Å². The van der Waals surface area contributed by atoms with E-state index in [2.05, 4.69) is 29.0 Å². The number of aryl methyl sites for hydroxylation is 1. The van der Waals surface area contributed by atoms with E-state index in [1.807, 2.05) is 21.7 Å². The van der Waals surface area contributed by atoms with E-state index in [0.29, 0.717) is 25.7 Å². The number of ether oxygens (including phenoxy) is 1. The molecule has 0 atom stereocenters. The highest BCUT2D eigenvalue weighted by Gasteiger charge is 2.12. The second-order valence-electron chi connectivity index (χ2n) is 4.98. The summed E-state index contributed by atoms with van der Waals surface area (Å²) in [4.78, 5) is 11.0. The first-order chi connectivity index (χ1) is 9.72. The zero-order chi connectivity index (χ0) is 13.9. The van der Waals surface area contributed by atoms with E-state index < -0.39 is 0 Å². The van der Waals surface area contributed by atoms with Gasteiger partial charge in [0.2, 0.25) is 0 Å². The largest absolute Gasteiger partial charge is 0.378 e. The van der Waals surface area contributed by atoms with Gasteiger partial charge in [-0.05, 0) is 24.6 Å². The molecule has 1 fully saturated rings. The maximum absolute atomic E-state index is 6.00. The van der Waals surface area contributed by atoms with Crippen LogP contribution in [0.2, 0.25) is 0 Å². The molecule has 0 aromatic carbocycles. The van der Waals surface area contributed by atoms with Crippen LogP contribution in [0.3, 0.4) is 0 Å². The Balaban J connectivity index is 0.00000161. The summed E-state index contributed by atoms with van der Waals surface area (Å²) in [6.07, 6.45) is 4.00. The molecular weight excluding hydrogens is 381 g/mol. The van der Waals surface area contributed by atoms with Gasteiger partial charge in [0.15, 0.2) is 5.96 Å². The Labute approximate surface area is 141 Å². The highest BCUT2D eigenvalue weighted by Crippen LogP contribution is 2.08. The van der Waals surface area contributed by atoms with Gasteiger partial charge in [0, 0.05) is 25.5 Å². The molecule has 0 spiro atoms. The van der Waals surface area contributed by atoms with Crippen LogP contribution in [0.1, 0.15) is 11.3 Å². The van der Waals surface area contributed by atoms with Crippen molar-refractivity contribution in [3.05, 3.63) is 35.8 Å². The molecule has 3 heterocycles. The number of aliphatic imine (C=N–C) groups is 1. The van der Waals surface area contributed by atoms with Crippen LogP contribution < -0.4 is 5.73 Å². The maximum atomic E-state index is 6.00. The van der Waals surface area contributed by atoms with Crippen molar-refractivity contribution in [1.82, 2.24) is 14.3 Å². The van der Waals surface area contributed by atoms with Gasteiger partial charge in [0.25, 0.3) is 0 Å². The number of guanidine groups is 1. The highest BCUT2D eigenvalue weighted by molar-refractivity contribution is 14.0. The van der Waals surface area contributed by atoms with Crippen LogP contribution in [-0.2, 0) is 11.3 Å². The van der Waals surface area contributed by atoms with Crippen molar-refractivity contribution in [1.29, 1.82) is 0 Å². The zero-order valence-electron chi connectivity index (χ0n) is 12.0. The monoisotopic (exact) mass is 401 g/mol. The van der Waals surface area contributed by atoms with Crippen LogP contribution in [0.4, 0.5) is 0 Å². The zero-order valence-corrected chi connectivity index (χ0v) is 14.4. The van der Waals surface area contributed by atoms with Crippen molar-refractivity contribution in [2.45, 2.75) is 13.5 Å². The van der Waals surface area contributed by atoms with Crippen LogP contribution in [0.25, 0.3) is 5.65 Å². The molecule has 0 amide bonds. The van der Waals surface area contributed by atoms with Crippen LogP contribution in [-0.4, -0.2) is 46.5 Å². The first kappa shape index (κ1) is 16.0. The summed E-state index contributed by atoms with van der Waals surface area (Å²) in [7, 11) is 0. The van der Waals surface area contributed by atoms with Gasteiger partial charge < -0.3 is 19.8 Å². The van der Waals surface area contributed by atoms with Crippen molar-refractivity contribution in [3.63, 3.8) is 0 Å². The highest BCUT2D eigenvalue weighted by atomic mass is 127. The third-order valence-electron chi connectivity index (χ3n) is 3.40. The molecule has 0 unspecified atom stereocenters. The molecule has 1 saturated heterocycles. The van der Waals surface area contributed by atoms with Crippen molar-refractivity contribution < 1.29 is 4.74 Å². The van der Waals surface area contributed by atoms with Crippen molar-refractivity contribution >= 4 is 35.6 Å². The van der Waals surface area contributed by atoms with Gasteiger partial charge in [-0.1, -0.05) is 0 Å². The Kier molecular flexibility index (Phi) is 5.40. The number of fused-ring (bicyclic) bond motifs is 1. The van der Waals surface area contributed by atoms with Gasteiger partial charge in [-0.25, -0.2) is 9.98 Å². The number of nitrogens with zero attached hydrogens (tertiary/aromatic N) is 4. The number of rotatable bonds is 2. The summed E-state index contributed by atoms with van der Waals surface area (Å²) in [6.45, 7) is 5.60. The van der Waals surface area contributed by atoms with E-state index in [1.54, 1.807) is 0 Å². The average molecular weight is 401 g/mol. The third kappa shape index (κ3) is 3.85. The number of nitrogens with two attached hydrogens (primary N) is 1. The molecular formula is C14H20IN5O. The lowest BCUT2D eigenvalue weighted by atomic mass is 10.3. The molecule has 2 N–H and O–H groups in total. The molecule has 0 aliphatic carbocycles. The van der Waals surface area contributed by atoms with E-state index in [1.165, 1.54) is 5.56 Å².